The summed E-state index contributed by atoms with van der Waals surface area (Å²) in [5.41, 5.74) is 0. The maximum Gasteiger partial charge on any atom is 0.314 e. The van der Waals surface area contributed by atoms with Gasteiger partial charge < -0.3 is 21.3 Å². The first-order valence-electron chi connectivity index (χ1n) is 21.3. The number of amides is 4. The summed E-state index contributed by atoms with van der Waals surface area (Å²) in [6, 6.07) is -0.0915. The van der Waals surface area contributed by atoms with Crippen molar-refractivity contribution in [3.8, 4) is 0 Å². The quantitative estimate of drug-likeness (QED) is 0.0227. The van der Waals surface area contributed by atoms with Crippen LogP contribution in [0.3, 0.4) is 0 Å². The van der Waals surface area contributed by atoms with Gasteiger partial charge in [0.15, 0.2) is 5.16 Å². The van der Waals surface area contributed by atoms with Crippen LogP contribution in [0.2, 0.25) is 0 Å². The molecule has 2 aromatic heterocycles. The van der Waals surface area contributed by atoms with E-state index in [1.54, 1.807) is 18.1 Å². The number of aromatic nitrogens is 6. The van der Waals surface area contributed by atoms with E-state index in [4.69, 9.17) is 0 Å². The van der Waals surface area contributed by atoms with Crippen molar-refractivity contribution in [1.82, 2.24) is 51.6 Å². The topological polar surface area (TPSA) is 200 Å². The SMILES string of the molecule is CCCCCNC(=O)NCCCC/C=C\CCCCCCS(=O)(=O)c1ncn[nH]1.CCCCCNC(=O)NCCCC/C=C\CCCCCCSc1ncn[nH]1. The van der Waals surface area contributed by atoms with Crippen LogP contribution < -0.4 is 21.3 Å². The van der Waals surface area contributed by atoms with E-state index in [0.717, 1.165) is 120 Å². The molecule has 2 rings (SSSR count). The lowest BCUT2D eigenvalue weighted by molar-refractivity contribution is 0.239. The van der Waals surface area contributed by atoms with Gasteiger partial charge in [-0.15, -0.1) is 0 Å². The van der Waals surface area contributed by atoms with E-state index in [0.29, 0.717) is 13.0 Å². The van der Waals surface area contributed by atoms with Crippen LogP contribution in [0.25, 0.3) is 0 Å². The molecular formula is C40H74N10O4S2. The Morgan fingerprint density at radius 3 is 1.45 bits per heavy atom. The lowest BCUT2D eigenvalue weighted by Gasteiger charge is -2.06. The van der Waals surface area contributed by atoms with Crippen LogP contribution in [-0.2, 0) is 9.84 Å². The van der Waals surface area contributed by atoms with E-state index in [-0.39, 0.29) is 23.0 Å². The number of allylic oxidation sites excluding steroid dienone is 4. The maximum atomic E-state index is 11.9. The highest BCUT2D eigenvalue weighted by molar-refractivity contribution is 7.99. The minimum Gasteiger partial charge on any atom is -0.338 e. The average Bonchev–Trinajstić information content (AvgIpc) is 3.94. The fourth-order valence-electron chi connectivity index (χ4n) is 5.43. The molecule has 56 heavy (non-hydrogen) atoms. The number of unbranched alkanes of at least 4 members (excludes halogenated alkanes) is 16. The summed E-state index contributed by atoms with van der Waals surface area (Å²) < 4.78 is 23.8. The number of sulfone groups is 1. The molecule has 0 aliphatic rings. The summed E-state index contributed by atoms with van der Waals surface area (Å²) >= 11 is 1.74. The number of rotatable bonds is 34. The monoisotopic (exact) mass is 823 g/mol. The fraction of sp³-hybridized carbons (Fsp3) is 0.750. The van der Waals surface area contributed by atoms with Crippen molar-refractivity contribution < 1.29 is 18.0 Å². The summed E-state index contributed by atoms with van der Waals surface area (Å²) in [4.78, 5) is 30.9. The van der Waals surface area contributed by atoms with Gasteiger partial charge in [-0.05, 0) is 89.9 Å². The van der Waals surface area contributed by atoms with Crippen molar-refractivity contribution in [3.05, 3.63) is 37.0 Å². The second-order valence-electron chi connectivity index (χ2n) is 13.9. The molecule has 14 nitrogen and oxygen atoms in total. The van der Waals surface area contributed by atoms with Crippen molar-refractivity contribution in [2.24, 2.45) is 0 Å². The van der Waals surface area contributed by atoms with Crippen LogP contribution in [0.4, 0.5) is 9.59 Å². The molecule has 2 heterocycles. The Bertz CT molecular complexity index is 1340. The highest BCUT2D eigenvalue weighted by Crippen LogP contribution is 2.15. The Kier molecular flexibility index (Phi) is 33.6. The molecular weight excluding hydrogens is 749 g/mol. The third kappa shape index (κ3) is 31.8. The van der Waals surface area contributed by atoms with E-state index < -0.39 is 9.84 Å². The van der Waals surface area contributed by atoms with Gasteiger partial charge in [0.2, 0.25) is 15.0 Å². The summed E-state index contributed by atoms with van der Waals surface area (Å²) in [6.07, 6.45) is 35.7. The highest BCUT2D eigenvalue weighted by Gasteiger charge is 2.16. The number of H-pyrrole nitrogens is 2. The van der Waals surface area contributed by atoms with E-state index in [2.05, 4.69) is 89.8 Å². The largest absolute Gasteiger partial charge is 0.338 e. The third-order valence-electron chi connectivity index (χ3n) is 8.75. The van der Waals surface area contributed by atoms with E-state index in [9.17, 15) is 18.0 Å². The number of carbonyl (C=O) groups excluding carboxylic acids is 2. The highest BCUT2D eigenvalue weighted by atomic mass is 32.2. The predicted octanol–water partition coefficient (Wildman–Crippen LogP) is 8.81. The fourth-order valence-corrected chi connectivity index (χ4v) is 7.39. The van der Waals surface area contributed by atoms with Crippen molar-refractivity contribution in [2.75, 3.05) is 37.7 Å². The average molecular weight is 823 g/mol. The van der Waals surface area contributed by atoms with Gasteiger partial charge in [-0.1, -0.05) is 101 Å². The van der Waals surface area contributed by atoms with Gasteiger partial charge in [0, 0.05) is 31.9 Å². The van der Waals surface area contributed by atoms with E-state index >= 15 is 0 Å². The zero-order valence-corrected chi connectivity index (χ0v) is 36.1. The second kappa shape index (κ2) is 37.2. The lowest BCUT2D eigenvalue weighted by atomic mass is 10.1. The van der Waals surface area contributed by atoms with Crippen molar-refractivity contribution in [3.63, 3.8) is 0 Å². The first-order valence-corrected chi connectivity index (χ1v) is 23.9. The molecule has 0 aromatic carbocycles. The molecule has 0 atom stereocenters. The number of thioether (sulfide) groups is 1. The zero-order valence-electron chi connectivity index (χ0n) is 34.5. The van der Waals surface area contributed by atoms with Crippen molar-refractivity contribution >= 4 is 33.7 Å². The Hall–Kier alpha value is -3.40. The third-order valence-corrected chi connectivity index (χ3v) is 11.3. The van der Waals surface area contributed by atoms with Crippen LogP contribution >= 0.6 is 11.8 Å². The summed E-state index contributed by atoms with van der Waals surface area (Å²) in [7, 11) is -3.32. The number of aromatic amines is 2. The lowest BCUT2D eigenvalue weighted by Crippen LogP contribution is -2.36. The van der Waals surface area contributed by atoms with Crippen LogP contribution in [0.1, 0.15) is 155 Å². The molecule has 0 bridgehead atoms. The van der Waals surface area contributed by atoms with Gasteiger partial charge in [-0.3, -0.25) is 10.2 Å². The predicted molar refractivity (Wildman–Crippen MR) is 230 cm³/mol. The molecule has 2 aromatic rings. The summed E-state index contributed by atoms with van der Waals surface area (Å²) in [5.74, 6) is 1.22. The van der Waals surface area contributed by atoms with Gasteiger partial charge in [-0.25, -0.2) is 28.0 Å². The number of carbonyl (C=O) groups is 2. The molecule has 0 unspecified atom stereocenters. The van der Waals surface area contributed by atoms with Gasteiger partial charge in [0.05, 0.1) is 5.75 Å². The van der Waals surface area contributed by atoms with Crippen LogP contribution in [0, 0.1) is 0 Å². The number of hydrogen-bond acceptors (Lipinski definition) is 9. The summed E-state index contributed by atoms with van der Waals surface area (Å²) in [5, 5.41) is 25.1. The van der Waals surface area contributed by atoms with Gasteiger partial charge in [0.25, 0.3) is 0 Å². The molecule has 0 spiro atoms. The van der Waals surface area contributed by atoms with Gasteiger partial charge >= 0.3 is 12.1 Å². The standard InChI is InChI=1S/C20H37N5O3S.C20H37N5OS/c1-2-3-12-15-21-19(26)22-16-13-10-8-6-4-5-7-9-11-14-17-29(27,28)20-23-18-24-25-20;1-2-3-12-15-21-19(26)22-16-13-10-8-6-4-5-7-9-11-14-17-27-20-23-18-24-25-20/h4,6,18H,2-3,5,7-17H2,1H3,(H2,21,22,26)(H,23,24,25);4,6,18H,2-3,5,7-17H2,1H3,(H2,21,22,26)(H,23,24,25)/b2*6-4-. The molecule has 0 fully saturated rings. The number of hydrogen-bond donors (Lipinski definition) is 6. The van der Waals surface area contributed by atoms with Gasteiger partial charge in [-0.2, -0.15) is 10.2 Å². The smallest absolute Gasteiger partial charge is 0.314 e. The number of nitrogens with one attached hydrogen (secondary N) is 6. The molecule has 4 amide bonds. The molecule has 6 N–H and O–H groups in total. The molecule has 0 aliphatic heterocycles. The van der Waals surface area contributed by atoms with Crippen molar-refractivity contribution in [1.29, 1.82) is 0 Å². The van der Waals surface area contributed by atoms with Crippen LogP contribution in [0.15, 0.2) is 47.3 Å². The van der Waals surface area contributed by atoms with Gasteiger partial charge in [0.1, 0.15) is 12.7 Å². The summed E-state index contributed by atoms with van der Waals surface area (Å²) in [6.45, 7) is 7.32. The van der Waals surface area contributed by atoms with Crippen LogP contribution in [-0.4, -0.2) is 88.5 Å². The molecule has 320 valence electrons. The van der Waals surface area contributed by atoms with E-state index in [1.807, 2.05) is 0 Å². The minimum atomic E-state index is -3.32. The molecule has 0 saturated carbocycles. The Labute approximate surface area is 342 Å². The normalized spacial score (nSPS) is 11.5. The minimum absolute atomic E-state index is 0.0270. The Morgan fingerprint density at radius 1 is 0.571 bits per heavy atom. The molecule has 16 heteroatoms. The van der Waals surface area contributed by atoms with E-state index in [1.165, 1.54) is 51.3 Å². The first kappa shape index (κ1) is 50.6. The zero-order chi connectivity index (χ0) is 40.6. The van der Waals surface area contributed by atoms with Crippen molar-refractivity contribution in [2.45, 2.75) is 165 Å². The maximum absolute atomic E-state index is 11.9. The van der Waals surface area contributed by atoms with Crippen LogP contribution in [0.5, 0.6) is 0 Å². The number of nitrogens with zero attached hydrogens (tertiary/aromatic N) is 4. The molecule has 0 aliphatic carbocycles. The second-order valence-corrected chi connectivity index (χ2v) is 17.0. The first-order chi connectivity index (χ1) is 27.4. The molecule has 0 radical (unpaired) electrons. The molecule has 0 saturated heterocycles. The Balaban J connectivity index is 0.000000561. The number of urea groups is 2. The Morgan fingerprint density at radius 2 is 1.00 bits per heavy atom.